The fourth-order valence-electron chi connectivity index (χ4n) is 2.52. The zero-order chi connectivity index (χ0) is 18.5. The quantitative estimate of drug-likeness (QED) is 0.622. The first-order valence-electron chi connectivity index (χ1n) is 8.03. The number of benzene rings is 2. The van der Waals surface area contributed by atoms with Crippen molar-refractivity contribution >= 4 is 40.3 Å². The van der Waals surface area contributed by atoms with E-state index in [2.05, 4.69) is 15.7 Å². The van der Waals surface area contributed by atoms with Gasteiger partial charge in [-0.1, -0.05) is 35.9 Å². The van der Waals surface area contributed by atoms with Crippen LogP contribution < -0.4 is 15.4 Å². The molecule has 1 aromatic heterocycles. The highest BCUT2D eigenvalue weighted by molar-refractivity contribution is 7.80. The molecule has 7 heteroatoms. The van der Waals surface area contributed by atoms with Crippen molar-refractivity contribution in [2.75, 3.05) is 17.7 Å². The number of nitrogens with one attached hydrogen (secondary N) is 2. The van der Waals surface area contributed by atoms with Crippen LogP contribution in [-0.2, 0) is 6.54 Å². The Bertz CT molecular complexity index is 925. The third kappa shape index (κ3) is 4.53. The first kappa shape index (κ1) is 18.2. The summed E-state index contributed by atoms with van der Waals surface area (Å²) in [4.78, 5) is 0. The molecule has 0 aliphatic carbocycles. The Kier molecular flexibility index (Phi) is 5.75. The summed E-state index contributed by atoms with van der Waals surface area (Å²) in [6.45, 7) is 2.60. The van der Waals surface area contributed by atoms with Crippen LogP contribution in [0.3, 0.4) is 0 Å². The highest BCUT2D eigenvalue weighted by atomic mass is 35.5. The largest absolute Gasteiger partial charge is 0.495 e. The lowest BCUT2D eigenvalue weighted by atomic mass is 10.2. The van der Waals surface area contributed by atoms with Crippen LogP contribution in [0, 0.1) is 6.92 Å². The Balaban J connectivity index is 1.65. The molecule has 0 aliphatic rings. The van der Waals surface area contributed by atoms with E-state index in [-0.39, 0.29) is 0 Å². The average molecular weight is 387 g/mol. The molecule has 2 aromatic carbocycles. The van der Waals surface area contributed by atoms with E-state index >= 15 is 0 Å². The van der Waals surface area contributed by atoms with Gasteiger partial charge in [0, 0.05) is 11.2 Å². The average Bonchev–Trinajstić information content (AvgIpc) is 3.04. The van der Waals surface area contributed by atoms with Gasteiger partial charge in [-0.15, -0.1) is 0 Å². The Morgan fingerprint density at radius 2 is 2.04 bits per heavy atom. The molecule has 0 saturated heterocycles. The maximum atomic E-state index is 6.20. The van der Waals surface area contributed by atoms with Gasteiger partial charge >= 0.3 is 0 Å². The van der Waals surface area contributed by atoms with Gasteiger partial charge in [0.2, 0.25) is 0 Å². The van der Waals surface area contributed by atoms with Gasteiger partial charge in [0.25, 0.3) is 0 Å². The van der Waals surface area contributed by atoms with Crippen LogP contribution in [0.25, 0.3) is 0 Å². The van der Waals surface area contributed by atoms with Gasteiger partial charge < -0.3 is 15.4 Å². The second-order valence-corrected chi connectivity index (χ2v) is 6.62. The minimum Gasteiger partial charge on any atom is -0.495 e. The van der Waals surface area contributed by atoms with Crippen LogP contribution in [-0.4, -0.2) is 22.0 Å². The Labute approximate surface area is 162 Å². The fourth-order valence-corrected chi connectivity index (χ4v) is 2.94. The number of ether oxygens (including phenoxy) is 1. The maximum Gasteiger partial charge on any atom is 0.175 e. The standard InChI is InChI=1S/C19H19ClN4OS/c1-13-7-8-18(25-2)17(9-13)23-19(26)22-15-10-21-24(12-15)11-14-5-3-4-6-16(14)20/h3-10,12H,11H2,1-2H3,(H2,22,23,26). The van der Waals surface area contributed by atoms with E-state index in [1.165, 1.54) is 0 Å². The van der Waals surface area contributed by atoms with Crippen LogP contribution in [0.15, 0.2) is 54.9 Å². The number of nitrogens with zero attached hydrogens (tertiary/aromatic N) is 2. The molecule has 0 atom stereocenters. The molecule has 3 rings (SSSR count). The molecule has 0 fully saturated rings. The molecule has 2 N–H and O–H groups in total. The fraction of sp³-hybridized carbons (Fsp3) is 0.158. The van der Waals surface area contributed by atoms with E-state index in [9.17, 15) is 0 Å². The van der Waals surface area contributed by atoms with E-state index in [0.29, 0.717) is 11.7 Å². The maximum absolute atomic E-state index is 6.20. The number of hydrogen-bond donors (Lipinski definition) is 2. The summed E-state index contributed by atoms with van der Waals surface area (Å²) >= 11 is 11.6. The Morgan fingerprint density at radius 1 is 1.23 bits per heavy atom. The van der Waals surface area contributed by atoms with Crippen LogP contribution in [0.2, 0.25) is 5.02 Å². The van der Waals surface area contributed by atoms with Gasteiger partial charge in [-0.2, -0.15) is 5.10 Å². The minimum absolute atomic E-state index is 0.464. The molecule has 0 saturated carbocycles. The predicted molar refractivity (Wildman–Crippen MR) is 110 cm³/mol. The lowest BCUT2D eigenvalue weighted by molar-refractivity contribution is 0.417. The third-order valence-electron chi connectivity index (χ3n) is 3.78. The lowest BCUT2D eigenvalue weighted by Crippen LogP contribution is -2.19. The number of anilines is 2. The smallest absolute Gasteiger partial charge is 0.175 e. The number of hydrogen-bond acceptors (Lipinski definition) is 3. The van der Waals surface area contributed by atoms with Crippen LogP contribution >= 0.6 is 23.8 Å². The van der Waals surface area contributed by atoms with E-state index in [4.69, 9.17) is 28.6 Å². The molecule has 5 nitrogen and oxygen atoms in total. The number of thiocarbonyl (C=S) groups is 1. The van der Waals surface area contributed by atoms with E-state index in [0.717, 1.165) is 33.3 Å². The summed E-state index contributed by atoms with van der Waals surface area (Å²) < 4.78 is 7.16. The highest BCUT2D eigenvalue weighted by Crippen LogP contribution is 2.25. The lowest BCUT2D eigenvalue weighted by Gasteiger charge is -2.13. The first-order chi connectivity index (χ1) is 12.5. The van der Waals surface area contributed by atoms with Gasteiger partial charge in [-0.3, -0.25) is 4.68 Å². The number of rotatable bonds is 5. The first-order valence-corrected chi connectivity index (χ1v) is 8.82. The highest BCUT2D eigenvalue weighted by Gasteiger charge is 2.07. The normalized spacial score (nSPS) is 10.4. The molecule has 1 heterocycles. The molecule has 0 radical (unpaired) electrons. The molecule has 0 bridgehead atoms. The molecule has 134 valence electrons. The van der Waals surface area contributed by atoms with Crippen molar-refractivity contribution in [2.45, 2.75) is 13.5 Å². The SMILES string of the molecule is COc1ccc(C)cc1NC(=S)Nc1cnn(Cc2ccccc2Cl)c1. The third-order valence-corrected chi connectivity index (χ3v) is 4.36. The summed E-state index contributed by atoms with van der Waals surface area (Å²) in [5.41, 5.74) is 3.73. The number of aromatic nitrogens is 2. The van der Waals surface area contributed by atoms with Gasteiger partial charge in [0.15, 0.2) is 5.11 Å². The van der Waals surface area contributed by atoms with Crippen molar-refractivity contribution in [3.8, 4) is 5.75 Å². The summed E-state index contributed by atoms with van der Waals surface area (Å²) in [6, 6.07) is 13.6. The van der Waals surface area contributed by atoms with Crippen LogP contribution in [0.1, 0.15) is 11.1 Å². The van der Waals surface area contributed by atoms with Crippen LogP contribution in [0.5, 0.6) is 5.75 Å². The van der Waals surface area contributed by atoms with E-state index < -0.39 is 0 Å². The molecular formula is C19H19ClN4OS. The zero-order valence-electron chi connectivity index (χ0n) is 14.5. The molecule has 0 spiro atoms. The summed E-state index contributed by atoms with van der Waals surface area (Å²) in [5, 5.41) is 11.8. The monoisotopic (exact) mass is 386 g/mol. The number of aryl methyl sites for hydroxylation is 1. The van der Waals surface area contributed by atoms with Crippen molar-refractivity contribution in [3.63, 3.8) is 0 Å². The molecule has 0 aliphatic heterocycles. The molecular weight excluding hydrogens is 368 g/mol. The molecule has 3 aromatic rings. The Morgan fingerprint density at radius 3 is 2.81 bits per heavy atom. The Hall–Kier alpha value is -2.57. The predicted octanol–water partition coefficient (Wildman–Crippen LogP) is 4.71. The number of halogens is 1. The van der Waals surface area contributed by atoms with E-state index in [1.807, 2.05) is 55.6 Å². The second kappa shape index (κ2) is 8.21. The van der Waals surface area contributed by atoms with Gasteiger partial charge in [0.05, 0.1) is 31.2 Å². The van der Waals surface area contributed by atoms with Crippen LogP contribution in [0.4, 0.5) is 11.4 Å². The summed E-state index contributed by atoms with van der Waals surface area (Å²) in [5.74, 6) is 0.731. The summed E-state index contributed by atoms with van der Waals surface area (Å²) in [7, 11) is 1.63. The molecule has 0 amide bonds. The van der Waals surface area contributed by atoms with Crippen molar-refractivity contribution < 1.29 is 4.74 Å². The molecule has 26 heavy (non-hydrogen) atoms. The van der Waals surface area contributed by atoms with Crippen molar-refractivity contribution in [1.29, 1.82) is 0 Å². The minimum atomic E-state index is 0.464. The van der Waals surface area contributed by atoms with Crippen molar-refractivity contribution in [1.82, 2.24) is 9.78 Å². The summed E-state index contributed by atoms with van der Waals surface area (Å²) in [6.07, 6.45) is 3.60. The molecule has 0 unspecified atom stereocenters. The van der Waals surface area contributed by atoms with Gasteiger partial charge in [-0.05, 0) is 48.5 Å². The van der Waals surface area contributed by atoms with E-state index in [1.54, 1.807) is 18.0 Å². The van der Waals surface area contributed by atoms with Crippen molar-refractivity contribution in [3.05, 3.63) is 71.0 Å². The second-order valence-electron chi connectivity index (χ2n) is 5.80. The van der Waals surface area contributed by atoms with Gasteiger partial charge in [0.1, 0.15) is 5.75 Å². The topological polar surface area (TPSA) is 51.1 Å². The van der Waals surface area contributed by atoms with Crippen molar-refractivity contribution in [2.24, 2.45) is 0 Å². The van der Waals surface area contributed by atoms with Gasteiger partial charge in [-0.25, -0.2) is 0 Å². The number of methoxy groups -OCH3 is 1. The zero-order valence-corrected chi connectivity index (χ0v) is 16.1.